The van der Waals surface area contributed by atoms with Crippen molar-refractivity contribution in [1.29, 1.82) is 0 Å². The van der Waals surface area contributed by atoms with E-state index in [0.29, 0.717) is 0 Å². The number of ether oxygens (including phenoxy) is 1. The fourth-order valence-electron chi connectivity index (χ4n) is 3.27. The van der Waals surface area contributed by atoms with Gasteiger partial charge in [-0.25, -0.2) is 0 Å². The number of hydrogen-bond acceptors (Lipinski definition) is 4. The van der Waals surface area contributed by atoms with E-state index in [9.17, 15) is 0 Å². The summed E-state index contributed by atoms with van der Waals surface area (Å²) in [5, 5.41) is 11.1. The van der Waals surface area contributed by atoms with Crippen molar-refractivity contribution in [1.82, 2.24) is 25.3 Å². The van der Waals surface area contributed by atoms with Crippen molar-refractivity contribution >= 4 is 5.96 Å². The van der Waals surface area contributed by atoms with Crippen molar-refractivity contribution in [3.8, 4) is 5.75 Å². The molecule has 2 rings (SSSR count). The van der Waals surface area contributed by atoms with Gasteiger partial charge >= 0.3 is 0 Å². The lowest BCUT2D eigenvalue weighted by molar-refractivity contribution is 0.218. The fourth-order valence-corrected chi connectivity index (χ4v) is 3.27. The Morgan fingerprint density at radius 1 is 1.25 bits per heavy atom. The second-order valence-electron chi connectivity index (χ2n) is 6.52. The van der Waals surface area contributed by atoms with Crippen LogP contribution in [0.1, 0.15) is 31.9 Å². The summed E-state index contributed by atoms with van der Waals surface area (Å²) in [5.41, 5.74) is 1.24. The molecule has 1 atom stereocenters. The van der Waals surface area contributed by atoms with Gasteiger partial charge in [0, 0.05) is 39.1 Å². The lowest BCUT2D eigenvalue weighted by Crippen LogP contribution is -2.43. The van der Waals surface area contributed by atoms with Gasteiger partial charge in [-0.2, -0.15) is 5.10 Å². The number of benzene rings is 1. The number of hydrogen-bond donors (Lipinski definition) is 2. The minimum atomic E-state index is 0.243. The second-order valence-corrected chi connectivity index (χ2v) is 6.52. The highest BCUT2D eigenvalue weighted by Gasteiger charge is 2.19. The summed E-state index contributed by atoms with van der Waals surface area (Å²) < 4.78 is 7.35. The summed E-state index contributed by atoms with van der Waals surface area (Å²) in [5.74, 6) is 1.70. The molecule has 28 heavy (non-hydrogen) atoms. The number of guanidine groups is 1. The molecule has 7 nitrogen and oxygen atoms in total. The predicted octanol–water partition coefficient (Wildman–Crippen LogP) is 2.53. The van der Waals surface area contributed by atoms with Gasteiger partial charge in [0.25, 0.3) is 0 Å². The molecule has 2 aromatic rings. The zero-order valence-electron chi connectivity index (χ0n) is 17.6. The Bertz CT molecular complexity index is 697. The highest BCUT2D eigenvalue weighted by Crippen LogP contribution is 2.23. The maximum absolute atomic E-state index is 5.41. The van der Waals surface area contributed by atoms with Crippen molar-refractivity contribution in [2.45, 2.75) is 32.9 Å². The Morgan fingerprint density at radius 3 is 2.71 bits per heavy atom. The van der Waals surface area contributed by atoms with Crippen molar-refractivity contribution in [2.24, 2.45) is 4.99 Å². The zero-order valence-corrected chi connectivity index (χ0v) is 17.6. The highest BCUT2D eigenvalue weighted by molar-refractivity contribution is 5.79. The smallest absolute Gasteiger partial charge is 0.191 e. The van der Waals surface area contributed by atoms with Gasteiger partial charge in [0.15, 0.2) is 5.96 Å². The topological polar surface area (TPSA) is 66.7 Å². The first kappa shape index (κ1) is 21.8. The largest absolute Gasteiger partial charge is 0.497 e. The molecule has 1 aromatic heterocycles. The number of likely N-dealkylation sites (N-methyl/N-ethyl adjacent to an activating group) is 1. The molecule has 0 aliphatic carbocycles. The summed E-state index contributed by atoms with van der Waals surface area (Å²) in [6.45, 7) is 8.86. The van der Waals surface area contributed by atoms with E-state index >= 15 is 0 Å². The van der Waals surface area contributed by atoms with Crippen LogP contribution in [0, 0.1) is 0 Å². The quantitative estimate of drug-likeness (QED) is 0.353. The summed E-state index contributed by atoms with van der Waals surface area (Å²) in [6, 6.07) is 10.5. The van der Waals surface area contributed by atoms with Gasteiger partial charge in [0.1, 0.15) is 5.75 Å². The summed E-state index contributed by atoms with van der Waals surface area (Å²) in [7, 11) is 3.51. The molecule has 1 aromatic carbocycles. The predicted molar refractivity (Wildman–Crippen MR) is 115 cm³/mol. The Kier molecular flexibility index (Phi) is 9.34. The molecule has 1 unspecified atom stereocenters. The summed E-state index contributed by atoms with van der Waals surface area (Å²) >= 11 is 0. The van der Waals surface area contributed by atoms with E-state index in [1.807, 2.05) is 29.1 Å². The van der Waals surface area contributed by atoms with Crippen LogP contribution in [-0.4, -0.2) is 61.0 Å². The third-order valence-corrected chi connectivity index (χ3v) is 4.83. The number of aliphatic imine (C=N–C) groups is 1. The molecule has 0 saturated carbocycles. The van der Waals surface area contributed by atoms with Gasteiger partial charge in [0.2, 0.25) is 0 Å². The van der Waals surface area contributed by atoms with Gasteiger partial charge in [-0.05, 0) is 43.3 Å². The lowest BCUT2D eigenvalue weighted by atomic mass is 10.0. The van der Waals surface area contributed by atoms with E-state index in [4.69, 9.17) is 4.74 Å². The van der Waals surface area contributed by atoms with Gasteiger partial charge in [-0.1, -0.05) is 26.0 Å². The van der Waals surface area contributed by atoms with Crippen molar-refractivity contribution in [3.63, 3.8) is 0 Å². The summed E-state index contributed by atoms with van der Waals surface area (Å²) in [4.78, 5) is 6.80. The van der Waals surface area contributed by atoms with Gasteiger partial charge in [-0.15, -0.1) is 0 Å². The number of aromatic nitrogens is 2. The maximum Gasteiger partial charge on any atom is 0.191 e. The molecule has 7 heteroatoms. The van der Waals surface area contributed by atoms with Crippen LogP contribution in [0.4, 0.5) is 0 Å². The van der Waals surface area contributed by atoms with Crippen LogP contribution in [0.5, 0.6) is 5.75 Å². The van der Waals surface area contributed by atoms with Gasteiger partial charge in [0.05, 0.1) is 13.2 Å². The number of methoxy groups -OCH3 is 1. The van der Waals surface area contributed by atoms with Crippen molar-refractivity contribution in [2.75, 3.05) is 40.3 Å². The van der Waals surface area contributed by atoms with Crippen LogP contribution in [-0.2, 0) is 6.54 Å². The average molecular weight is 387 g/mol. The van der Waals surface area contributed by atoms with Crippen LogP contribution in [0.15, 0.2) is 47.7 Å². The van der Waals surface area contributed by atoms with Crippen LogP contribution >= 0.6 is 0 Å². The molecule has 0 saturated heterocycles. The Labute approximate surface area is 168 Å². The number of nitrogens with zero attached hydrogens (tertiary/aromatic N) is 4. The van der Waals surface area contributed by atoms with Crippen molar-refractivity contribution < 1.29 is 4.74 Å². The van der Waals surface area contributed by atoms with E-state index in [-0.39, 0.29) is 6.04 Å². The first-order valence-electron chi connectivity index (χ1n) is 10.0. The summed E-state index contributed by atoms with van der Waals surface area (Å²) in [6.07, 6.45) is 4.77. The molecular weight excluding hydrogens is 352 g/mol. The van der Waals surface area contributed by atoms with E-state index in [2.05, 4.69) is 51.6 Å². The number of aryl methyl sites for hydroxylation is 1. The van der Waals surface area contributed by atoms with Crippen LogP contribution < -0.4 is 15.4 Å². The second kappa shape index (κ2) is 12.0. The van der Waals surface area contributed by atoms with Crippen LogP contribution in [0.3, 0.4) is 0 Å². The fraction of sp³-hybridized carbons (Fsp3) is 0.524. The van der Waals surface area contributed by atoms with Gasteiger partial charge < -0.3 is 15.4 Å². The molecule has 0 spiro atoms. The Hall–Kier alpha value is -2.54. The van der Waals surface area contributed by atoms with Crippen LogP contribution in [0.2, 0.25) is 0 Å². The molecule has 0 amide bonds. The number of nitrogens with one attached hydrogen (secondary N) is 2. The van der Waals surface area contributed by atoms with E-state index < -0.39 is 0 Å². The molecule has 0 fully saturated rings. The Balaban J connectivity index is 1.92. The maximum atomic E-state index is 5.41. The normalized spacial score (nSPS) is 12.8. The molecule has 0 aliphatic heterocycles. The molecule has 2 N–H and O–H groups in total. The Morgan fingerprint density at radius 2 is 2.07 bits per heavy atom. The lowest BCUT2D eigenvalue weighted by Gasteiger charge is -2.31. The zero-order chi connectivity index (χ0) is 20.2. The first-order valence-corrected chi connectivity index (χ1v) is 10.0. The average Bonchev–Trinajstić information content (AvgIpc) is 3.26. The monoisotopic (exact) mass is 386 g/mol. The van der Waals surface area contributed by atoms with E-state index in [0.717, 1.165) is 50.9 Å². The standard InChI is InChI=1S/C21H34N6O/c1-5-26(6-2)20(18-10-7-11-19(16-18)28-4)17-24-21(22-3)23-12-8-14-27-15-9-13-25-27/h7,9-11,13,15-16,20H,5-6,8,12,14,17H2,1-4H3,(H2,22,23,24). The van der Waals surface area contributed by atoms with Crippen molar-refractivity contribution in [3.05, 3.63) is 48.3 Å². The molecule has 0 radical (unpaired) electrons. The molecule has 1 heterocycles. The van der Waals surface area contributed by atoms with Gasteiger partial charge in [-0.3, -0.25) is 14.6 Å². The molecule has 154 valence electrons. The third-order valence-electron chi connectivity index (χ3n) is 4.83. The highest BCUT2D eigenvalue weighted by atomic mass is 16.5. The minimum absolute atomic E-state index is 0.243. The number of rotatable bonds is 11. The van der Waals surface area contributed by atoms with E-state index in [1.165, 1.54) is 5.56 Å². The van der Waals surface area contributed by atoms with Crippen LogP contribution in [0.25, 0.3) is 0 Å². The minimum Gasteiger partial charge on any atom is -0.497 e. The molecule has 0 aliphatic rings. The molecular formula is C21H34N6O. The first-order chi connectivity index (χ1) is 13.7. The molecule has 0 bridgehead atoms. The van der Waals surface area contributed by atoms with E-state index in [1.54, 1.807) is 20.4 Å². The third kappa shape index (κ3) is 6.56. The SMILES string of the molecule is CCN(CC)C(CNC(=NC)NCCCn1cccn1)c1cccc(OC)c1.